The Morgan fingerprint density at radius 3 is 2.61 bits per heavy atom. The normalized spacial score (nSPS) is 13.1. The molecule has 0 aliphatic rings. The number of rotatable bonds is 5. The summed E-state index contributed by atoms with van der Waals surface area (Å²) in [4.78, 5) is -0.0479. The van der Waals surface area contributed by atoms with E-state index in [-0.39, 0.29) is 4.99 Å². The summed E-state index contributed by atoms with van der Waals surface area (Å²) in [6.07, 6.45) is 0.314. The van der Waals surface area contributed by atoms with Gasteiger partial charge in [-0.1, -0.05) is 36.8 Å². The van der Waals surface area contributed by atoms with Gasteiger partial charge in [0.05, 0.1) is 15.7 Å². The van der Waals surface area contributed by atoms with Crippen molar-refractivity contribution in [3.63, 3.8) is 0 Å². The molecule has 0 fully saturated rings. The molecule has 1 aromatic carbocycles. The fourth-order valence-corrected chi connectivity index (χ4v) is 3.76. The van der Waals surface area contributed by atoms with Gasteiger partial charge in [0.1, 0.15) is 5.25 Å². The minimum Gasteiger partial charge on any atom is -0.392 e. The van der Waals surface area contributed by atoms with Crippen molar-refractivity contribution in [2.24, 2.45) is 5.73 Å². The Kier molecular flexibility index (Phi) is 4.95. The molecule has 0 aliphatic carbocycles. The van der Waals surface area contributed by atoms with Crippen LogP contribution < -0.4 is 10.5 Å². The van der Waals surface area contributed by atoms with Gasteiger partial charge in [-0.2, -0.15) is 0 Å². The number of nitrogens with one attached hydrogen (secondary N) is 1. The SMILES string of the molecule is CCC(C(N)=S)S(=O)(=O)Nc1ccc(C)cc1Cl. The molecule has 0 spiro atoms. The summed E-state index contributed by atoms with van der Waals surface area (Å²) < 4.78 is 26.6. The van der Waals surface area contributed by atoms with E-state index >= 15 is 0 Å². The van der Waals surface area contributed by atoms with E-state index in [0.717, 1.165) is 5.56 Å². The highest BCUT2D eigenvalue weighted by Gasteiger charge is 2.26. The lowest BCUT2D eigenvalue weighted by Gasteiger charge is -2.16. The van der Waals surface area contributed by atoms with Crippen LogP contribution in [0.15, 0.2) is 18.2 Å². The van der Waals surface area contributed by atoms with Crippen LogP contribution in [0.25, 0.3) is 0 Å². The standard InChI is InChI=1S/C11H15ClN2O2S2/c1-3-10(11(13)17)18(15,16)14-9-5-4-7(2)6-8(9)12/h4-6,10,14H,3H2,1-2H3,(H2,13,17). The summed E-state index contributed by atoms with van der Waals surface area (Å²) >= 11 is 10.7. The summed E-state index contributed by atoms with van der Waals surface area (Å²) in [5.41, 5.74) is 6.71. The molecule has 0 aliphatic heterocycles. The third-order valence-electron chi connectivity index (χ3n) is 2.44. The number of aryl methyl sites for hydroxylation is 1. The van der Waals surface area contributed by atoms with Gasteiger partial charge in [-0.15, -0.1) is 0 Å². The molecule has 1 rings (SSSR count). The van der Waals surface area contributed by atoms with Gasteiger partial charge in [0.15, 0.2) is 0 Å². The van der Waals surface area contributed by atoms with Crippen LogP contribution in [0.5, 0.6) is 0 Å². The number of anilines is 1. The lowest BCUT2D eigenvalue weighted by Crippen LogP contribution is -2.37. The van der Waals surface area contributed by atoms with E-state index in [1.807, 2.05) is 6.92 Å². The van der Waals surface area contributed by atoms with Crippen molar-refractivity contribution < 1.29 is 8.42 Å². The lowest BCUT2D eigenvalue weighted by molar-refractivity contribution is 0.594. The van der Waals surface area contributed by atoms with Crippen molar-refractivity contribution in [2.75, 3.05) is 4.72 Å². The van der Waals surface area contributed by atoms with Crippen LogP contribution in [0.4, 0.5) is 5.69 Å². The topological polar surface area (TPSA) is 72.2 Å². The van der Waals surface area contributed by atoms with Gasteiger partial charge in [0.2, 0.25) is 10.0 Å². The Morgan fingerprint density at radius 1 is 1.56 bits per heavy atom. The largest absolute Gasteiger partial charge is 0.392 e. The second-order valence-electron chi connectivity index (χ2n) is 3.93. The molecular formula is C11H15ClN2O2S2. The molecule has 100 valence electrons. The second kappa shape index (κ2) is 5.86. The number of halogens is 1. The molecule has 1 aromatic rings. The number of sulfonamides is 1. The quantitative estimate of drug-likeness (QED) is 0.820. The van der Waals surface area contributed by atoms with Crippen molar-refractivity contribution in [1.29, 1.82) is 0 Å². The molecule has 7 heteroatoms. The molecule has 1 atom stereocenters. The second-order valence-corrected chi connectivity index (χ2v) is 6.67. The molecule has 0 radical (unpaired) electrons. The van der Waals surface area contributed by atoms with Crippen molar-refractivity contribution in [1.82, 2.24) is 0 Å². The zero-order valence-corrected chi connectivity index (χ0v) is 12.5. The van der Waals surface area contributed by atoms with Crippen molar-refractivity contribution >= 4 is 44.5 Å². The zero-order chi connectivity index (χ0) is 13.9. The number of benzene rings is 1. The van der Waals surface area contributed by atoms with Crippen molar-refractivity contribution in [2.45, 2.75) is 25.5 Å². The summed E-state index contributed by atoms with van der Waals surface area (Å²) in [7, 11) is -3.66. The predicted molar refractivity (Wildman–Crippen MR) is 79.6 cm³/mol. The Balaban J connectivity index is 3.05. The predicted octanol–water partition coefficient (Wildman–Crippen LogP) is 2.45. The highest BCUT2D eigenvalue weighted by Crippen LogP contribution is 2.25. The molecular weight excluding hydrogens is 292 g/mol. The Bertz CT molecular complexity index is 558. The van der Waals surface area contributed by atoms with Crippen LogP contribution in [0.1, 0.15) is 18.9 Å². The van der Waals surface area contributed by atoms with Gasteiger partial charge < -0.3 is 5.73 Å². The Hall–Kier alpha value is -0.850. The maximum absolute atomic E-state index is 12.1. The molecule has 0 aromatic heterocycles. The molecule has 0 saturated carbocycles. The van der Waals surface area contributed by atoms with Gasteiger partial charge in [0, 0.05) is 0 Å². The fourth-order valence-electron chi connectivity index (χ4n) is 1.50. The van der Waals surface area contributed by atoms with Crippen molar-refractivity contribution in [3.05, 3.63) is 28.8 Å². The average Bonchev–Trinajstić information content (AvgIpc) is 2.22. The van der Waals surface area contributed by atoms with Crippen LogP contribution in [0, 0.1) is 6.92 Å². The molecule has 0 saturated heterocycles. The molecule has 0 amide bonds. The Morgan fingerprint density at radius 2 is 2.17 bits per heavy atom. The molecule has 3 N–H and O–H groups in total. The molecule has 18 heavy (non-hydrogen) atoms. The van der Waals surface area contributed by atoms with Gasteiger partial charge >= 0.3 is 0 Å². The monoisotopic (exact) mass is 306 g/mol. The first-order valence-corrected chi connectivity index (χ1v) is 7.68. The fraction of sp³-hybridized carbons (Fsp3) is 0.364. The molecule has 1 unspecified atom stereocenters. The zero-order valence-electron chi connectivity index (χ0n) is 10.1. The lowest BCUT2D eigenvalue weighted by atomic mass is 10.2. The highest BCUT2D eigenvalue weighted by atomic mass is 35.5. The van der Waals surface area contributed by atoms with Crippen molar-refractivity contribution in [3.8, 4) is 0 Å². The average molecular weight is 307 g/mol. The first-order valence-electron chi connectivity index (χ1n) is 5.35. The maximum Gasteiger partial charge on any atom is 0.242 e. The minimum atomic E-state index is -3.66. The van der Waals surface area contributed by atoms with E-state index in [9.17, 15) is 8.42 Å². The number of hydrogen-bond acceptors (Lipinski definition) is 3. The summed E-state index contributed by atoms with van der Waals surface area (Å²) in [6, 6.07) is 5.06. The van der Waals surface area contributed by atoms with E-state index in [0.29, 0.717) is 17.1 Å². The number of thiocarbonyl (C=S) groups is 1. The Labute approximate surface area is 118 Å². The van der Waals surface area contributed by atoms with Gasteiger partial charge in [0.25, 0.3) is 0 Å². The first kappa shape index (κ1) is 15.2. The van der Waals surface area contributed by atoms with Crippen LogP contribution in [-0.4, -0.2) is 18.7 Å². The molecule has 0 heterocycles. The summed E-state index contributed by atoms with van der Waals surface area (Å²) in [6.45, 7) is 3.58. The smallest absolute Gasteiger partial charge is 0.242 e. The third-order valence-corrected chi connectivity index (χ3v) is 5.03. The maximum atomic E-state index is 12.1. The number of hydrogen-bond donors (Lipinski definition) is 2. The van der Waals surface area contributed by atoms with E-state index < -0.39 is 15.3 Å². The third kappa shape index (κ3) is 3.57. The van der Waals surface area contributed by atoms with E-state index in [4.69, 9.17) is 29.6 Å². The van der Waals surface area contributed by atoms with E-state index in [1.165, 1.54) is 0 Å². The molecule has 4 nitrogen and oxygen atoms in total. The minimum absolute atomic E-state index is 0.0479. The van der Waals surface area contributed by atoms with Gasteiger partial charge in [-0.05, 0) is 31.0 Å². The van der Waals surface area contributed by atoms with E-state index in [1.54, 1.807) is 25.1 Å². The van der Waals surface area contributed by atoms with Crippen LogP contribution in [-0.2, 0) is 10.0 Å². The van der Waals surface area contributed by atoms with Gasteiger partial charge in [-0.25, -0.2) is 8.42 Å². The summed E-state index contributed by atoms with van der Waals surface area (Å²) in [5.74, 6) is 0. The summed E-state index contributed by atoms with van der Waals surface area (Å²) in [5, 5.41) is -0.554. The van der Waals surface area contributed by atoms with Crippen LogP contribution in [0.2, 0.25) is 5.02 Å². The van der Waals surface area contributed by atoms with Crippen LogP contribution >= 0.6 is 23.8 Å². The number of nitrogens with two attached hydrogens (primary N) is 1. The molecule has 0 bridgehead atoms. The van der Waals surface area contributed by atoms with E-state index in [2.05, 4.69) is 4.72 Å². The first-order chi connectivity index (χ1) is 8.27. The highest BCUT2D eigenvalue weighted by molar-refractivity contribution is 7.95. The van der Waals surface area contributed by atoms with Crippen LogP contribution in [0.3, 0.4) is 0 Å². The van der Waals surface area contributed by atoms with Gasteiger partial charge in [-0.3, -0.25) is 4.72 Å².